The fourth-order valence-electron chi connectivity index (χ4n) is 8.11. The molecule has 0 radical (unpaired) electrons. The monoisotopic (exact) mass is 995 g/mol. The Labute approximate surface area is 420 Å². The molecule has 0 fully saturated rings. The number of aryl methyl sites for hydroxylation is 2. The molecule has 16 nitrogen and oxygen atoms in total. The molecule has 16 heteroatoms. The van der Waals surface area contributed by atoms with Crippen molar-refractivity contribution in [2.45, 2.75) is 44.9 Å². The van der Waals surface area contributed by atoms with Crippen molar-refractivity contribution in [1.82, 2.24) is 0 Å². The van der Waals surface area contributed by atoms with Crippen LogP contribution in [0.4, 0.5) is 0 Å². The molecule has 0 atom stereocenters. The van der Waals surface area contributed by atoms with E-state index in [1.165, 1.54) is 0 Å². The normalized spacial score (nSPS) is 12.5. The van der Waals surface area contributed by atoms with E-state index in [0.29, 0.717) is 135 Å². The minimum Gasteiger partial charge on any atom is -0.487 e. The van der Waals surface area contributed by atoms with Gasteiger partial charge in [0, 0.05) is 27.4 Å². The van der Waals surface area contributed by atoms with Crippen molar-refractivity contribution in [3.05, 3.63) is 106 Å². The van der Waals surface area contributed by atoms with E-state index < -0.39 is 5.41 Å². The highest BCUT2D eigenvalue weighted by atomic mass is 16.7. The number of benzene rings is 4. The molecule has 0 saturated carbocycles. The predicted octanol–water partition coefficient (Wildman–Crippen LogP) is 7.07. The van der Waals surface area contributed by atoms with Gasteiger partial charge in [-0.15, -0.1) is 0 Å². The van der Waals surface area contributed by atoms with Gasteiger partial charge in [0.2, 0.25) is 0 Å². The SMILES string of the molecule is COCCOCCOCCOc1ccc(C2(c3ccc(OCOCCCCOCCO)c(OCOCCCCOCCO)c3)c3cc(C)ccc3-c3ccc(C)cc32)cc1OCCOCCOCCOC. The number of hydrogen-bond acceptors (Lipinski definition) is 16. The second-order valence-electron chi connectivity index (χ2n) is 16.7. The Balaban J connectivity index is 1.49. The molecule has 4 aromatic carbocycles. The Morgan fingerprint density at radius 3 is 1.17 bits per heavy atom. The van der Waals surface area contributed by atoms with Crippen molar-refractivity contribution in [1.29, 1.82) is 0 Å². The molecular formula is C55H78O16. The van der Waals surface area contributed by atoms with Gasteiger partial charge in [-0.2, -0.15) is 0 Å². The van der Waals surface area contributed by atoms with Crippen LogP contribution < -0.4 is 18.9 Å². The Morgan fingerprint density at radius 2 is 0.718 bits per heavy atom. The number of hydrogen-bond donors (Lipinski definition) is 2. The molecule has 394 valence electrons. The number of rotatable bonds is 42. The molecule has 0 amide bonds. The first-order valence-electron chi connectivity index (χ1n) is 24.8. The lowest BCUT2D eigenvalue weighted by Gasteiger charge is -2.35. The zero-order chi connectivity index (χ0) is 50.2. The molecule has 0 aromatic heterocycles. The summed E-state index contributed by atoms with van der Waals surface area (Å²) >= 11 is 0. The smallest absolute Gasteiger partial charge is 0.189 e. The third-order valence-corrected chi connectivity index (χ3v) is 11.5. The van der Waals surface area contributed by atoms with Crippen molar-refractivity contribution in [3.63, 3.8) is 0 Å². The highest BCUT2D eigenvalue weighted by Crippen LogP contribution is 2.58. The van der Waals surface area contributed by atoms with Crippen molar-refractivity contribution in [2.75, 3.05) is 160 Å². The first-order chi connectivity index (χ1) is 35.0. The van der Waals surface area contributed by atoms with Crippen LogP contribution >= 0.6 is 0 Å². The van der Waals surface area contributed by atoms with E-state index in [4.69, 9.17) is 76.5 Å². The summed E-state index contributed by atoms with van der Waals surface area (Å²) in [5.74, 6) is 2.13. The maximum atomic E-state index is 9.04. The van der Waals surface area contributed by atoms with Crippen LogP contribution in [0, 0.1) is 13.8 Å². The second kappa shape index (κ2) is 34.1. The number of ether oxygens (including phenoxy) is 14. The average Bonchev–Trinajstić information content (AvgIpc) is 3.66. The molecule has 4 aromatic rings. The average molecular weight is 995 g/mol. The fraction of sp³-hybridized carbons (Fsp3) is 0.564. The third-order valence-electron chi connectivity index (χ3n) is 11.5. The summed E-state index contributed by atoms with van der Waals surface area (Å²) in [4.78, 5) is 0. The zero-order valence-electron chi connectivity index (χ0n) is 42.4. The molecule has 0 saturated heterocycles. The van der Waals surface area contributed by atoms with Crippen LogP contribution in [0.1, 0.15) is 59.1 Å². The van der Waals surface area contributed by atoms with E-state index in [1.54, 1.807) is 14.2 Å². The van der Waals surface area contributed by atoms with Crippen molar-refractivity contribution in [3.8, 4) is 34.1 Å². The van der Waals surface area contributed by atoms with E-state index in [1.807, 2.05) is 18.2 Å². The highest BCUT2D eigenvalue weighted by Gasteiger charge is 2.47. The number of unbranched alkanes of at least 4 members (excludes halogenated alkanes) is 2. The molecule has 0 unspecified atom stereocenters. The fourth-order valence-corrected chi connectivity index (χ4v) is 8.11. The Bertz CT molecular complexity index is 1920. The number of fused-ring (bicyclic) bond motifs is 3. The molecule has 1 aliphatic carbocycles. The van der Waals surface area contributed by atoms with Crippen LogP contribution in [-0.4, -0.2) is 170 Å². The van der Waals surface area contributed by atoms with Crippen molar-refractivity contribution < 1.29 is 76.5 Å². The maximum Gasteiger partial charge on any atom is 0.189 e. The van der Waals surface area contributed by atoms with E-state index in [9.17, 15) is 0 Å². The maximum absolute atomic E-state index is 9.04. The van der Waals surface area contributed by atoms with Gasteiger partial charge in [-0.25, -0.2) is 0 Å². The summed E-state index contributed by atoms with van der Waals surface area (Å²) < 4.78 is 81.4. The number of aliphatic hydroxyl groups excluding tert-OH is 2. The van der Waals surface area contributed by atoms with Gasteiger partial charge in [0.05, 0.1) is 111 Å². The summed E-state index contributed by atoms with van der Waals surface area (Å²) in [6, 6.07) is 25.5. The van der Waals surface area contributed by atoms with Crippen molar-refractivity contribution in [2.24, 2.45) is 0 Å². The predicted molar refractivity (Wildman–Crippen MR) is 268 cm³/mol. The van der Waals surface area contributed by atoms with E-state index >= 15 is 0 Å². The van der Waals surface area contributed by atoms with Gasteiger partial charge in [-0.1, -0.05) is 59.7 Å². The van der Waals surface area contributed by atoms with Gasteiger partial charge >= 0.3 is 0 Å². The van der Waals surface area contributed by atoms with Crippen LogP contribution in [-0.2, 0) is 52.8 Å². The molecule has 5 rings (SSSR count). The first-order valence-corrected chi connectivity index (χ1v) is 24.8. The first kappa shape index (κ1) is 57.5. The Morgan fingerprint density at radius 1 is 0.352 bits per heavy atom. The van der Waals surface area contributed by atoms with Gasteiger partial charge in [0.25, 0.3) is 0 Å². The molecule has 0 aliphatic heterocycles. The summed E-state index contributed by atoms with van der Waals surface area (Å²) in [5.41, 5.74) is 7.75. The highest BCUT2D eigenvalue weighted by molar-refractivity contribution is 5.87. The largest absolute Gasteiger partial charge is 0.487 e. The van der Waals surface area contributed by atoms with Crippen LogP contribution in [0.3, 0.4) is 0 Å². The lowest BCUT2D eigenvalue weighted by Crippen LogP contribution is -2.29. The van der Waals surface area contributed by atoms with Gasteiger partial charge in [-0.05, 0) is 97.2 Å². The molecule has 2 N–H and O–H groups in total. The molecule has 0 heterocycles. The summed E-state index contributed by atoms with van der Waals surface area (Å²) in [7, 11) is 3.29. The minimum atomic E-state index is -0.859. The van der Waals surface area contributed by atoms with E-state index in [-0.39, 0.29) is 33.4 Å². The van der Waals surface area contributed by atoms with Crippen LogP contribution in [0.5, 0.6) is 23.0 Å². The Kier molecular flexibility index (Phi) is 27.6. The third kappa shape index (κ3) is 18.6. The molecular weight excluding hydrogens is 917 g/mol. The molecule has 0 bridgehead atoms. The van der Waals surface area contributed by atoms with Gasteiger partial charge in [-0.3, -0.25) is 0 Å². The van der Waals surface area contributed by atoms with Gasteiger partial charge in [0.1, 0.15) is 13.2 Å². The lowest BCUT2D eigenvalue weighted by molar-refractivity contribution is -0.00453. The summed E-state index contributed by atoms with van der Waals surface area (Å²) in [6.45, 7) is 12.0. The summed E-state index contributed by atoms with van der Waals surface area (Å²) in [5, 5.41) is 18.0. The quantitative estimate of drug-likeness (QED) is 0.0301. The van der Waals surface area contributed by atoms with Gasteiger partial charge in [0.15, 0.2) is 36.6 Å². The standard InChI is InChI=1S/C55H78O16/c1-43-9-13-47-48-14-10-44(2)38-50(48)55(49(47)37-43,45-11-15-51(68-35-33-64-31-29-62-27-25-58-3)53(39-45)69-36-34-65-32-30-63-28-26-59-4)46-12-16-52(70-41-66-21-7-5-19-60-23-17-56)54(40-46)71-42-67-22-8-6-20-61-24-18-57/h9-16,37-40,56-57H,5-8,17-36,41-42H2,1-4H3. The molecule has 0 spiro atoms. The van der Waals surface area contributed by atoms with E-state index in [2.05, 4.69) is 68.4 Å². The number of methoxy groups -OCH3 is 2. The minimum absolute atomic E-state index is 0.00245. The lowest BCUT2D eigenvalue weighted by atomic mass is 9.67. The van der Waals surface area contributed by atoms with Crippen molar-refractivity contribution >= 4 is 0 Å². The Hall–Kier alpha value is -4.40. The topological polar surface area (TPSA) is 170 Å². The van der Waals surface area contributed by atoms with Gasteiger partial charge < -0.3 is 76.5 Å². The van der Waals surface area contributed by atoms with Crippen LogP contribution in [0.15, 0.2) is 72.8 Å². The van der Waals surface area contributed by atoms with Crippen LogP contribution in [0.25, 0.3) is 11.1 Å². The summed E-state index contributed by atoms with van der Waals surface area (Å²) in [6.07, 6.45) is 3.14. The van der Waals surface area contributed by atoms with E-state index in [0.717, 1.165) is 70.2 Å². The zero-order valence-corrected chi connectivity index (χ0v) is 42.4. The molecule has 1 aliphatic rings. The van der Waals surface area contributed by atoms with Crippen LogP contribution in [0.2, 0.25) is 0 Å². The molecule has 71 heavy (non-hydrogen) atoms. The number of aliphatic hydroxyl groups is 2. The second-order valence-corrected chi connectivity index (χ2v) is 16.7.